The molecule has 6 nitrogen and oxygen atoms in total. The van der Waals surface area contributed by atoms with E-state index in [9.17, 15) is 9.59 Å². The molecule has 1 aromatic carbocycles. The molecular formula is C22H24ClN3O3. The third kappa shape index (κ3) is 4.43. The second-order valence-corrected chi connectivity index (χ2v) is 8.16. The van der Waals surface area contributed by atoms with E-state index in [1.807, 2.05) is 18.2 Å². The van der Waals surface area contributed by atoms with Crippen LogP contribution in [0.3, 0.4) is 0 Å². The summed E-state index contributed by atoms with van der Waals surface area (Å²) in [6.45, 7) is 1.62. The van der Waals surface area contributed by atoms with E-state index < -0.39 is 6.10 Å². The number of hydrogen-bond donors (Lipinski definition) is 0. The zero-order chi connectivity index (χ0) is 20.4. The Morgan fingerprint density at radius 1 is 1.28 bits per heavy atom. The number of fused-ring (bicyclic) bond motifs is 1. The molecule has 2 fully saturated rings. The zero-order valence-electron chi connectivity index (χ0n) is 16.3. The van der Waals surface area contributed by atoms with Crippen LogP contribution in [0.2, 0.25) is 5.02 Å². The Bertz CT molecular complexity index is 892. The lowest BCUT2D eigenvalue weighted by Gasteiger charge is -2.34. The van der Waals surface area contributed by atoms with Gasteiger partial charge < -0.3 is 14.5 Å². The highest BCUT2D eigenvalue weighted by Gasteiger charge is 2.43. The fourth-order valence-electron chi connectivity index (χ4n) is 4.14. The van der Waals surface area contributed by atoms with Crippen LogP contribution in [-0.4, -0.2) is 58.9 Å². The van der Waals surface area contributed by atoms with Crippen molar-refractivity contribution in [2.75, 3.05) is 20.1 Å². The van der Waals surface area contributed by atoms with Crippen LogP contribution < -0.4 is 0 Å². The smallest absolute Gasteiger partial charge is 0.253 e. The van der Waals surface area contributed by atoms with E-state index in [2.05, 4.69) is 4.98 Å². The lowest BCUT2D eigenvalue weighted by molar-refractivity contribution is -0.142. The number of likely N-dealkylation sites (N-methyl/N-ethyl adjacent to an activating group) is 1. The normalized spacial score (nSPS) is 23.5. The van der Waals surface area contributed by atoms with Gasteiger partial charge in [-0.3, -0.25) is 14.6 Å². The van der Waals surface area contributed by atoms with Crippen molar-refractivity contribution in [1.82, 2.24) is 14.8 Å². The average molecular weight is 414 g/mol. The van der Waals surface area contributed by atoms with Crippen LogP contribution >= 0.6 is 11.6 Å². The number of likely N-dealkylation sites (tertiary alicyclic amines) is 1. The van der Waals surface area contributed by atoms with Gasteiger partial charge in [0.05, 0.1) is 18.3 Å². The molecule has 0 saturated carbocycles. The minimum absolute atomic E-state index is 0.0298. The first kappa shape index (κ1) is 19.9. The summed E-state index contributed by atoms with van der Waals surface area (Å²) in [6, 6.07) is 12.7. The van der Waals surface area contributed by atoms with Gasteiger partial charge in [-0.25, -0.2) is 0 Å². The third-order valence-electron chi connectivity index (χ3n) is 5.69. The van der Waals surface area contributed by atoms with Gasteiger partial charge in [0.2, 0.25) is 0 Å². The summed E-state index contributed by atoms with van der Waals surface area (Å²) < 4.78 is 6.09. The molecule has 0 N–H and O–H groups in total. The highest BCUT2D eigenvalue weighted by molar-refractivity contribution is 6.30. The first-order valence-corrected chi connectivity index (χ1v) is 10.2. The number of rotatable bonds is 4. The van der Waals surface area contributed by atoms with Gasteiger partial charge >= 0.3 is 0 Å². The largest absolute Gasteiger partial charge is 0.363 e. The van der Waals surface area contributed by atoms with Crippen LogP contribution in [0.25, 0.3) is 0 Å². The van der Waals surface area contributed by atoms with Crippen molar-refractivity contribution in [3.8, 4) is 0 Å². The monoisotopic (exact) mass is 413 g/mol. The summed E-state index contributed by atoms with van der Waals surface area (Å²) in [5.41, 5.74) is 1.42. The number of amides is 2. The maximum absolute atomic E-state index is 12.8. The van der Waals surface area contributed by atoms with Gasteiger partial charge in [0.1, 0.15) is 6.10 Å². The highest BCUT2D eigenvalue weighted by Crippen LogP contribution is 2.34. The number of benzene rings is 1. The molecular weight excluding hydrogens is 390 g/mol. The van der Waals surface area contributed by atoms with Crippen LogP contribution in [0.1, 0.15) is 28.9 Å². The molecule has 1 aromatic heterocycles. The number of carbonyl (C=O) groups is 2. The zero-order valence-corrected chi connectivity index (χ0v) is 17.1. The topological polar surface area (TPSA) is 62.7 Å². The van der Waals surface area contributed by atoms with E-state index in [0.717, 1.165) is 12.1 Å². The number of pyridine rings is 1. The van der Waals surface area contributed by atoms with Crippen molar-refractivity contribution in [1.29, 1.82) is 0 Å². The number of ether oxygens (including phenoxy) is 1. The molecule has 4 rings (SSSR count). The van der Waals surface area contributed by atoms with Crippen molar-refractivity contribution in [2.45, 2.75) is 31.6 Å². The lowest BCUT2D eigenvalue weighted by Crippen LogP contribution is -2.45. The Balaban J connectivity index is 1.36. The van der Waals surface area contributed by atoms with Gasteiger partial charge in [0.15, 0.2) is 0 Å². The molecule has 0 unspecified atom stereocenters. The van der Waals surface area contributed by atoms with Gasteiger partial charge in [-0.2, -0.15) is 0 Å². The minimum atomic E-state index is -0.458. The summed E-state index contributed by atoms with van der Waals surface area (Å²) in [5.74, 6) is 0.227. The van der Waals surface area contributed by atoms with Crippen molar-refractivity contribution < 1.29 is 14.3 Å². The van der Waals surface area contributed by atoms with Gasteiger partial charge in [-0.05, 0) is 49.1 Å². The number of hydrogen-bond acceptors (Lipinski definition) is 4. The molecule has 0 radical (unpaired) electrons. The second-order valence-electron chi connectivity index (χ2n) is 7.72. The van der Waals surface area contributed by atoms with Crippen LogP contribution in [0, 0.1) is 5.92 Å². The van der Waals surface area contributed by atoms with E-state index in [0.29, 0.717) is 42.6 Å². The Hall–Kier alpha value is -2.44. The Morgan fingerprint density at radius 2 is 2.14 bits per heavy atom. The van der Waals surface area contributed by atoms with E-state index >= 15 is 0 Å². The second kappa shape index (κ2) is 8.51. The molecule has 29 heavy (non-hydrogen) atoms. The predicted octanol–water partition coefficient (Wildman–Crippen LogP) is 3.01. The number of carbonyl (C=O) groups excluding carboxylic acids is 2. The molecule has 2 aliphatic heterocycles. The number of piperidine rings is 1. The third-order valence-corrected chi connectivity index (χ3v) is 5.92. The fraction of sp³-hybridized carbons (Fsp3) is 0.409. The Labute approximate surface area is 175 Å². The molecule has 3 heterocycles. The molecule has 0 spiro atoms. The van der Waals surface area contributed by atoms with Crippen LogP contribution in [0.5, 0.6) is 0 Å². The molecule has 7 heteroatoms. The average Bonchev–Trinajstić information content (AvgIpc) is 3.16. The van der Waals surface area contributed by atoms with E-state index in [-0.39, 0.29) is 17.9 Å². The van der Waals surface area contributed by atoms with Gasteiger partial charge in [-0.15, -0.1) is 0 Å². The molecule has 3 atom stereocenters. The van der Waals surface area contributed by atoms with E-state index in [4.69, 9.17) is 16.3 Å². The maximum Gasteiger partial charge on any atom is 0.253 e. The summed E-state index contributed by atoms with van der Waals surface area (Å²) in [6.07, 6.45) is 2.70. The summed E-state index contributed by atoms with van der Waals surface area (Å²) >= 11 is 6.02. The van der Waals surface area contributed by atoms with Crippen LogP contribution in [0.4, 0.5) is 0 Å². The van der Waals surface area contributed by atoms with Crippen LogP contribution in [-0.2, 0) is 16.1 Å². The molecule has 152 valence electrons. The summed E-state index contributed by atoms with van der Waals surface area (Å²) in [7, 11) is 1.78. The molecule has 2 aliphatic rings. The van der Waals surface area contributed by atoms with Gasteiger partial charge in [-0.1, -0.05) is 23.7 Å². The SMILES string of the molecule is CN(Cc1ccccn1)C(=O)[C@H]1C[C@@H]2CCN(C(=O)c3cccc(Cl)c3)C[C@H]2O1. The molecule has 0 bridgehead atoms. The Morgan fingerprint density at radius 3 is 2.90 bits per heavy atom. The first-order valence-electron chi connectivity index (χ1n) is 9.86. The lowest BCUT2D eigenvalue weighted by atomic mass is 9.91. The van der Waals surface area contributed by atoms with Crippen molar-refractivity contribution in [2.24, 2.45) is 5.92 Å². The van der Waals surface area contributed by atoms with Crippen molar-refractivity contribution in [3.05, 3.63) is 64.9 Å². The highest BCUT2D eigenvalue weighted by atomic mass is 35.5. The fourth-order valence-corrected chi connectivity index (χ4v) is 4.33. The van der Waals surface area contributed by atoms with Crippen LogP contribution in [0.15, 0.2) is 48.7 Å². The van der Waals surface area contributed by atoms with Crippen molar-refractivity contribution in [3.63, 3.8) is 0 Å². The summed E-state index contributed by atoms with van der Waals surface area (Å²) in [4.78, 5) is 33.4. The maximum atomic E-state index is 12.8. The quantitative estimate of drug-likeness (QED) is 0.773. The molecule has 0 aliphatic carbocycles. The molecule has 2 aromatic rings. The number of nitrogens with zero attached hydrogens (tertiary/aromatic N) is 3. The van der Waals surface area contributed by atoms with Gasteiger partial charge in [0.25, 0.3) is 11.8 Å². The van der Waals surface area contributed by atoms with Gasteiger partial charge in [0, 0.05) is 36.9 Å². The minimum Gasteiger partial charge on any atom is -0.363 e. The number of halogens is 1. The molecule has 2 saturated heterocycles. The first-order chi connectivity index (χ1) is 14.0. The predicted molar refractivity (Wildman–Crippen MR) is 109 cm³/mol. The standard InChI is InChI=1S/C22H24ClN3O3/c1-25(13-18-7-2-3-9-24-18)22(28)19-12-15-8-10-26(14-20(15)29-19)21(27)16-5-4-6-17(23)11-16/h2-7,9,11,15,19-20H,8,10,12-14H2,1H3/t15-,19+,20+/m0/s1. The van der Waals surface area contributed by atoms with Crippen molar-refractivity contribution >= 4 is 23.4 Å². The molecule has 2 amide bonds. The van der Waals surface area contributed by atoms with E-state index in [1.165, 1.54) is 0 Å². The Kier molecular flexibility index (Phi) is 5.83. The van der Waals surface area contributed by atoms with E-state index in [1.54, 1.807) is 47.3 Å². The number of aromatic nitrogens is 1. The summed E-state index contributed by atoms with van der Waals surface area (Å²) in [5, 5.41) is 0.546.